The Morgan fingerprint density at radius 2 is 2.00 bits per heavy atom. The van der Waals surface area contributed by atoms with E-state index in [1.54, 1.807) is 18.2 Å². The van der Waals surface area contributed by atoms with Crippen molar-refractivity contribution in [2.45, 2.75) is 20.8 Å². The summed E-state index contributed by atoms with van der Waals surface area (Å²) < 4.78 is 20.7. The number of nitrogens with one attached hydrogen (secondary N) is 1. The fourth-order valence-electron chi connectivity index (χ4n) is 2.68. The number of morpholine rings is 1. The second-order valence-electron chi connectivity index (χ2n) is 7.50. The molecule has 144 valence electrons. The summed E-state index contributed by atoms with van der Waals surface area (Å²) in [5.41, 5.74) is 0.347. The molecule has 1 N–H and O–H groups in total. The molecule has 3 rings (SSSR count). The van der Waals surface area contributed by atoms with Gasteiger partial charge in [-0.3, -0.25) is 9.59 Å². The van der Waals surface area contributed by atoms with Crippen molar-refractivity contribution in [3.05, 3.63) is 49.1 Å². The summed E-state index contributed by atoms with van der Waals surface area (Å²) in [6, 6.07) is 4.94. The van der Waals surface area contributed by atoms with Gasteiger partial charge in [0.15, 0.2) is 5.78 Å². The summed E-state index contributed by atoms with van der Waals surface area (Å²) in [4.78, 5) is 28.9. The minimum atomic E-state index is -0.511. The highest BCUT2D eigenvalue weighted by Gasteiger charge is 2.19. The van der Waals surface area contributed by atoms with Crippen LogP contribution in [0, 0.1) is 11.2 Å². The molecule has 0 radical (unpaired) electrons. The molecule has 27 heavy (non-hydrogen) atoms. The van der Waals surface area contributed by atoms with Gasteiger partial charge in [-0.2, -0.15) is 0 Å². The molecule has 0 spiro atoms. The van der Waals surface area contributed by atoms with Gasteiger partial charge >= 0.3 is 0 Å². The molecule has 0 atom stereocenters. The van der Waals surface area contributed by atoms with E-state index in [9.17, 15) is 14.0 Å². The molecule has 1 aliphatic rings. The second kappa shape index (κ2) is 7.78. The zero-order valence-corrected chi connectivity index (χ0v) is 16.5. The summed E-state index contributed by atoms with van der Waals surface area (Å²) >= 11 is 1.19. The minimum Gasteiger partial charge on any atom is -0.378 e. The van der Waals surface area contributed by atoms with Crippen LogP contribution in [0.25, 0.3) is 12.2 Å². The average molecular weight is 390 g/mol. The number of benzene rings is 1. The number of halogens is 1. The van der Waals surface area contributed by atoms with Crippen molar-refractivity contribution in [1.82, 2.24) is 4.98 Å². The zero-order valence-electron chi connectivity index (χ0n) is 15.7. The Morgan fingerprint density at radius 1 is 1.30 bits per heavy atom. The van der Waals surface area contributed by atoms with Gasteiger partial charge in [0.25, 0.3) is 5.56 Å². The molecule has 0 aliphatic carbocycles. The monoisotopic (exact) mass is 390 g/mol. The number of nitrogens with zero attached hydrogens (tertiary/aromatic N) is 1. The number of anilines is 1. The van der Waals surface area contributed by atoms with Crippen LogP contribution in [0.2, 0.25) is 0 Å². The van der Waals surface area contributed by atoms with Gasteiger partial charge in [-0.15, -0.1) is 11.3 Å². The summed E-state index contributed by atoms with van der Waals surface area (Å²) in [5, 5.41) is 0. The van der Waals surface area contributed by atoms with Crippen molar-refractivity contribution < 1.29 is 13.9 Å². The predicted octanol–water partition coefficient (Wildman–Crippen LogP) is 1.64. The number of aromatic amines is 1. The Bertz CT molecular complexity index is 1010. The first-order valence-corrected chi connectivity index (χ1v) is 9.65. The average Bonchev–Trinajstić information content (AvgIpc) is 2.94. The first-order chi connectivity index (χ1) is 12.7. The Balaban J connectivity index is 1.91. The standard InChI is InChI=1S/C20H23FN2O3S/c1-20(2,3)17(24)12-18-22-19(25)16(27-18)11-13-4-5-15(14(21)10-13)23-6-8-26-9-7-23/h4-5,10-12H,6-9H2,1-3H3,(H,22,25). The van der Waals surface area contributed by atoms with E-state index in [2.05, 4.69) is 4.98 Å². The molecule has 1 aromatic carbocycles. The van der Waals surface area contributed by atoms with Gasteiger partial charge in [0.05, 0.1) is 28.1 Å². The molecule has 1 aliphatic heterocycles. The highest BCUT2D eigenvalue weighted by atomic mass is 32.1. The Morgan fingerprint density at radius 3 is 2.63 bits per heavy atom. The molecule has 5 nitrogen and oxygen atoms in total. The summed E-state index contributed by atoms with van der Waals surface area (Å²) in [5.74, 6) is -0.388. The molecule has 0 saturated carbocycles. The maximum absolute atomic E-state index is 14.5. The highest BCUT2D eigenvalue weighted by molar-refractivity contribution is 7.07. The van der Waals surface area contributed by atoms with Crippen molar-refractivity contribution in [2.24, 2.45) is 5.41 Å². The Kier molecular flexibility index (Phi) is 5.62. The number of ether oxygens (including phenoxy) is 1. The predicted molar refractivity (Wildman–Crippen MR) is 106 cm³/mol. The number of hydrogen-bond acceptors (Lipinski definition) is 5. The zero-order chi connectivity index (χ0) is 19.6. The number of carbonyl (C=O) groups is 1. The van der Waals surface area contributed by atoms with Gasteiger partial charge in [-0.05, 0) is 23.8 Å². The van der Waals surface area contributed by atoms with Gasteiger partial charge < -0.3 is 14.6 Å². The van der Waals surface area contributed by atoms with Crippen molar-refractivity contribution >= 4 is 35.0 Å². The first-order valence-electron chi connectivity index (χ1n) is 8.83. The largest absolute Gasteiger partial charge is 0.378 e. The molecular formula is C20H23FN2O3S. The topological polar surface area (TPSA) is 62.4 Å². The smallest absolute Gasteiger partial charge is 0.266 e. The van der Waals surface area contributed by atoms with Crippen LogP contribution in [0.15, 0.2) is 23.0 Å². The van der Waals surface area contributed by atoms with Crippen LogP contribution in [-0.4, -0.2) is 37.1 Å². The molecule has 2 heterocycles. The Labute approximate surface area is 160 Å². The fraction of sp³-hybridized carbons (Fsp3) is 0.400. The highest BCUT2D eigenvalue weighted by Crippen LogP contribution is 2.21. The number of thiazole rings is 1. The van der Waals surface area contributed by atoms with Gasteiger partial charge in [-0.1, -0.05) is 26.8 Å². The molecule has 0 bridgehead atoms. The van der Waals surface area contributed by atoms with E-state index in [0.717, 1.165) is 0 Å². The summed E-state index contributed by atoms with van der Waals surface area (Å²) in [7, 11) is 0. The maximum atomic E-state index is 14.5. The third-order valence-corrected chi connectivity index (χ3v) is 5.27. The van der Waals surface area contributed by atoms with Crippen LogP contribution in [0.1, 0.15) is 26.3 Å². The summed E-state index contributed by atoms with van der Waals surface area (Å²) in [6.45, 7) is 7.96. The van der Waals surface area contributed by atoms with Crippen LogP contribution in [-0.2, 0) is 9.53 Å². The molecule has 1 saturated heterocycles. The first kappa shape index (κ1) is 19.5. The van der Waals surface area contributed by atoms with Crippen LogP contribution >= 0.6 is 11.3 Å². The number of carbonyl (C=O) groups excluding carboxylic acids is 1. The van der Waals surface area contributed by atoms with Gasteiger partial charge in [0.1, 0.15) is 5.82 Å². The van der Waals surface area contributed by atoms with Crippen molar-refractivity contribution in [1.29, 1.82) is 0 Å². The van der Waals surface area contributed by atoms with E-state index in [1.807, 2.05) is 25.7 Å². The van der Waals surface area contributed by atoms with Crippen molar-refractivity contribution in [3.63, 3.8) is 0 Å². The SMILES string of the molecule is CC(C)(C)C(=O)C=c1[nH]c(=O)c(=Cc2ccc(N3CCOCC3)c(F)c2)s1. The number of hydrogen-bond donors (Lipinski definition) is 1. The molecule has 0 amide bonds. The van der Waals surface area contributed by atoms with Crippen LogP contribution in [0.3, 0.4) is 0 Å². The summed E-state index contributed by atoms with van der Waals surface area (Å²) in [6.07, 6.45) is 3.08. The van der Waals surface area contributed by atoms with Gasteiger partial charge in [0.2, 0.25) is 0 Å². The van der Waals surface area contributed by atoms with E-state index in [0.29, 0.717) is 46.7 Å². The molecular weight excluding hydrogens is 367 g/mol. The molecule has 0 unspecified atom stereocenters. The number of ketones is 1. The Hall–Kier alpha value is -2.25. The quantitative estimate of drug-likeness (QED) is 0.866. The normalized spacial score (nSPS) is 16.8. The van der Waals surface area contributed by atoms with Crippen LogP contribution in [0.4, 0.5) is 10.1 Å². The number of H-pyrrole nitrogens is 1. The fourth-order valence-corrected chi connectivity index (χ4v) is 3.57. The third kappa shape index (κ3) is 4.73. The lowest BCUT2D eigenvalue weighted by atomic mass is 9.91. The maximum Gasteiger partial charge on any atom is 0.266 e. The molecule has 1 fully saturated rings. The van der Waals surface area contributed by atoms with Crippen LogP contribution in [0.5, 0.6) is 0 Å². The third-order valence-electron chi connectivity index (χ3n) is 4.30. The van der Waals surface area contributed by atoms with Crippen molar-refractivity contribution in [2.75, 3.05) is 31.2 Å². The van der Waals surface area contributed by atoms with Crippen LogP contribution < -0.4 is 19.7 Å². The van der Waals surface area contributed by atoms with Gasteiger partial charge in [0, 0.05) is 24.6 Å². The molecule has 7 heteroatoms. The number of aromatic nitrogens is 1. The lowest BCUT2D eigenvalue weighted by molar-refractivity contribution is -0.119. The lowest BCUT2D eigenvalue weighted by Crippen LogP contribution is -2.36. The molecule has 1 aromatic heterocycles. The lowest BCUT2D eigenvalue weighted by Gasteiger charge is -2.29. The van der Waals surface area contributed by atoms with Crippen molar-refractivity contribution in [3.8, 4) is 0 Å². The number of Topliss-reactive ketones (excluding diaryl/α,β-unsaturated/α-hetero) is 1. The second-order valence-corrected chi connectivity index (χ2v) is 8.58. The molecule has 2 aromatic rings. The van der Waals surface area contributed by atoms with E-state index in [-0.39, 0.29) is 17.2 Å². The van der Waals surface area contributed by atoms with Gasteiger partial charge in [-0.25, -0.2) is 4.39 Å². The number of rotatable bonds is 3. The minimum absolute atomic E-state index is 0.0625. The van der Waals surface area contributed by atoms with E-state index >= 15 is 0 Å². The van der Waals surface area contributed by atoms with E-state index in [1.165, 1.54) is 23.5 Å². The van der Waals surface area contributed by atoms with E-state index < -0.39 is 5.41 Å². The van der Waals surface area contributed by atoms with E-state index in [4.69, 9.17) is 4.74 Å².